The van der Waals surface area contributed by atoms with E-state index in [9.17, 15) is 4.79 Å². The van der Waals surface area contributed by atoms with Crippen LogP contribution in [0.15, 0.2) is 0 Å². The van der Waals surface area contributed by atoms with E-state index >= 15 is 0 Å². The maximum absolute atomic E-state index is 12.4. The fourth-order valence-corrected chi connectivity index (χ4v) is 3.95. The van der Waals surface area contributed by atoms with Gasteiger partial charge in [0, 0.05) is 26.7 Å². The summed E-state index contributed by atoms with van der Waals surface area (Å²) < 4.78 is 6.19. The van der Waals surface area contributed by atoms with Crippen LogP contribution in [0, 0.1) is 11.8 Å². The fraction of sp³-hybridized carbons (Fsp3) is 0.944. The summed E-state index contributed by atoms with van der Waals surface area (Å²) in [5.74, 6) is 1.62. The average Bonchev–Trinajstić information content (AvgIpc) is 2.53. The maximum Gasteiger partial charge on any atom is 0.319 e. The number of nitrogens with two attached hydrogens (primary N) is 1. The molecule has 0 unspecified atom stereocenters. The van der Waals surface area contributed by atoms with Gasteiger partial charge >= 0.3 is 6.03 Å². The van der Waals surface area contributed by atoms with Crippen molar-refractivity contribution in [3.05, 3.63) is 0 Å². The molecule has 2 aliphatic rings. The summed E-state index contributed by atoms with van der Waals surface area (Å²) in [7, 11) is 3.60. The molecular formula is C18H35N3O2. The van der Waals surface area contributed by atoms with Crippen molar-refractivity contribution in [2.45, 2.75) is 70.6 Å². The van der Waals surface area contributed by atoms with E-state index in [2.05, 4.69) is 13.8 Å². The van der Waals surface area contributed by atoms with Gasteiger partial charge < -0.3 is 20.3 Å². The molecule has 2 rings (SSSR count). The van der Waals surface area contributed by atoms with Gasteiger partial charge in [-0.1, -0.05) is 13.8 Å². The lowest BCUT2D eigenvalue weighted by Gasteiger charge is -2.41. The summed E-state index contributed by atoms with van der Waals surface area (Å²) in [6, 6.07) is 0.0957. The molecule has 5 heteroatoms. The minimum atomic E-state index is 0.0153. The highest BCUT2D eigenvalue weighted by Crippen LogP contribution is 2.31. The van der Waals surface area contributed by atoms with Crippen LogP contribution in [0.4, 0.5) is 4.79 Å². The van der Waals surface area contributed by atoms with Crippen LogP contribution in [-0.2, 0) is 4.74 Å². The van der Waals surface area contributed by atoms with Crippen LogP contribution < -0.4 is 5.73 Å². The molecule has 134 valence electrons. The van der Waals surface area contributed by atoms with E-state index in [-0.39, 0.29) is 18.1 Å². The van der Waals surface area contributed by atoms with Gasteiger partial charge in [-0.25, -0.2) is 4.79 Å². The third-order valence-corrected chi connectivity index (χ3v) is 5.62. The first-order valence-corrected chi connectivity index (χ1v) is 9.25. The Labute approximate surface area is 141 Å². The number of urea groups is 1. The number of carbonyl (C=O) groups excluding carboxylic acids is 1. The van der Waals surface area contributed by atoms with E-state index in [1.807, 2.05) is 4.90 Å². The number of carbonyl (C=O) groups is 1. The van der Waals surface area contributed by atoms with Crippen molar-refractivity contribution in [2.75, 3.05) is 27.2 Å². The van der Waals surface area contributed by atoms with Gasteiger partial charge in [0.15, 0.2) is 0 Å². The summed E-state index contributed by atoms with van der Waals surface area (Å²) in [4.78, 5) is 15.9. The standard InChI is InChI=1S/C18H35N3O2/c1-13(2)14-7-9-15(10-8-14)23-12-17-16(19)6-5-11-21(17)18(22)20(3)4/h13-17H,5-12,19H2,1-4H3/t14?,15?,16-,17-/m0/s1. The number of rotatable bonds is 4. The number of hydrogen-bond donors (Lipinski definition) is 1. The molecule has 1 heterocycles. The molecule has 0 aromatic carbocycles. The topological polar surface area (TPSA) is 58.8 Å². The molecule has 0 spiro atoms. The SMILES string of the molecule is CC(C)C1CCC(OC[C@H]2[C@@H](N)CCCN2C(=O)N(C)C)CC1. The highest BCUT2D eigenvalue weighted by atomic mass is 16.5. The number of nitrogens with zero attached hydrogens (tertiary/aromatic N) is 2. The van der Waals surface area contributed by atoms with Crippen molar-refractivity contribution < 1.29 is 9.53 Å². The van der Waals surface area contributed by atoms with Crippen molar-refractivity contribution in [1.82, 2.24) is 9.80 Å². The van der Waals surface area contributed by atoms with E-state index in [0.29, 0.717) is 12.7 Å². The zero-order valence-corrected chi connectivity index (χ0v) is 15.3. The molecule has 23 heavy (non-hydrogen) atoms. The average molecular weight is 325 g/mol. The summed E-state index contributed by atoms with van der Waals surface area (Å²) in [5, 5.41) is 0. The predicted molar refractivity (Wildman–Crippen MR) is 93.3 cm³/mol. The second kappa shape index (κ2) is 8.34. The lowest BCUT2D eigenvalue weighted by atomic mass is 9.80. The van der Waals surface area contributed by atoms with Gasteiger partial charge in [-0.05, 0) is 50.4 Å². The zero-order chi connectivity index (χ0) is 17.0. The Morgan fingerprint density at radius 3 is 2.43 bits per heavy atom. The quantitative estimate of drug-likeness (QED) is 0.864. The molecule has 1 saturated heterocycles. The molecule has 2 amide bonds. The third-order valence-electron chi connectivity index (χ3n) is 5.62. The van der Waals surface area contributed by atoms with Gasteiger partial charge in [0.25, 0.3) is 0 Å². The Kier molecular flexibility index (Phi) is 6.72. The first kappa shape index (κ1) is 18.5. The highest BCUT2D eigenvalue weighted by molar-refractivity contribution is 5.74. The molecule has 5 nitrogen and oxygen atoms in total. The van der Waals surface area contributed by atoms with E-state index in [1.54, 1.807) is 19.0 Å². The van der Waals surface area contributed by atoms with Crippen LogP contribution in [0.25, 0.3) is 0 Å². The van der Waals surface area contributed by atoms with Crippen LogP contribution in [-0.4, -0.2) is 61.3 Å². The molecule has 0 aromatic heterocycles. The first-order chi connectivity index (χ1) is 10.9. The summed E-state index contributed by atoms with van der Waals surface area (Å²) in [6.07, 6.45) is 7.12. The number of piperidine rings is 1. The van der Waals surface area contributed by atoms with Crippen LogP contribution >= 0.6 is 0 Å². The molecule has 2 atom stereocenters. The first-order valence-electron chi connectivity index (χ1n) is 9.25. The van der Waals surface area contributed by atoms with Gasteiger partial charge in [0.2, 0.25) is 0 Å². The van der Waals surface area contributed by atoms with Gasteiger partial charge in [0.05, 0.1) is 18.8 Å². The van der Waals surface area contributed by atoms with Crippen molar-refractivity contribution in [1.29, 1.82) is 0 Å². The van der Waals surface area contributed by atoms with E-state index < -0.39 is 0 Å². The van der Waals surface area contributed by atoms with Crippen molar-refractivity contribution in [2.24, 2.45) is 17.6 Å². The second-order valence-corrected chi connectivity index (χ2v) is 7.86. The normalized spacial score (nSPS) is 32.2. The summed E-state index contributed by atoms with van der Waals surface area (Å²) in [6.45, 7) is 6.01. The molecule has 2 fully saturated rings. The van der Waals surface area contributed by atoms with E-state index in [4.69, 9.17) is 10.5 Å². The lowest BCUT2D eigenvalue weighted by Crippen LogP contribution is -2.58. The molecule has 1 aliphatic heterocycles. The Morgan fingerprint density at radius 2 is 1.87 bits per heavy atom. The smallest absolute Gasteiger partial charge is 0.319 e. The van der Waals surface area contributed by atoms with Crippen molar-refractivity contribution in [3.8, 4) is 0 Å². The Hall–Kier alpha value is -0.810. The third kappa shape index (κ3) is 4.83. The van der Waals surface area contributed by atoms with Gasteiger partial charge in [-0.2, -0.15) is 0 Å². The van der Waals surface area contributed by atoms with Gasteiger partial charge in [0.1, 0.15) is 0 Å². The minimum Gasteiger partial charge on any atom is -0.376 e. The molecule has 1 saturated carbocycles. The van der Waals surface area contributed by atoms with Crippen molar-refractivity contribution >= 4 is 6.03 Å². The maximum atomic E-state index is 12.4. The summed E-state index contributed by atoms with van der Waals surface area (Å²) in [5.41, 5.74) is 6.29. The van der Waals surface area contributed by atoms with Crippen LogP contribution in [0.5, 0.6) is 0 Å². The predicted octanol–water partition coefficient (Wildman–Crippen LogP) is 2.69. The minimum absolute atomic E-state index is 0.0153. The number of ether oxygens (including phenoxy) is 1. The zero-order valence-electron chi connectivity index (χ0n) is 15.3. The summed E-state index contributed by atoms with van der Waals surface area (Å²) >= 11 is 0. The Bertz CT molecular complexity index is 378. The van der Waals surface area contributed by atoms with Gasteiger partial charge in [-0.15, -0.1) is 0 Å². The van der Waals surface area contributed by atoms with Crippen molar-refractivity contribution in [3.63, 3.8) is 0 Å². The van der Waals surface area contributed by atoms with Gasteiger partial charge in [-0.3, -0.25) is 0 Å². The lowest BCUT2D eigenvalue weighted by molar-refractivity contribution is -0.0246. The Morgan fingerprint density at radius 1 is 1.22 bits per heavy atom. The highest BCUT2D eigenvalue weighted by Gasteiger charge is 2.34. The molecular weight excluding hydrogens is 290 g/mol. The number of amides is 2. The molecule has 0 radical (unpaired) electrons. The van der Waals surface area contributed by atoms with Crippen LogP contribution in [0.2, 0.25) is 0 Å². The number of likely N-dealkylation sites (tertiary alicyclic amines) is 1. The number of hydrogen-bond acceptors (Lipinski definition) is 3. The second-order valence-electron chi connectivity index (χ2n) is 7.86. The van der Waals surface area contributed by atoms with E-state index in [1.165, 1.54) is 12.8 Å². The van der Waals surface area contributed by atoms with E-state index in [0.717, 1.165) is 44.1 Å². The monoisotopic (exact) mass is 325 g/mol. The Balaban J connectivity index is 1.85. The molecule has 2 N–H and O–H groups in total. The largest absolute Gasteiger partial charge is 0.376 e. The van der Waals surface area contributed by atoms with Crippen LogP contribution in [0.1, 0.15) is 52.4 Å². The molecule has 0 bridgehead atoms. The van der Waals surface area contributed by atoms with Crippen LogP contribution in [0.3, 0.4) is 0 Å². The molecule has 0 aromatic rings. The molecule has 1 aliphatic carbocycles. The fourth-order valence-electron chi connectivity index (χ4n) is 3.95.